The summed E-state index contributed by atoms with van der Waals surface area (Å²) in [6.07, 6.45) is 0. The minimum Gasteiger partial charge on any atom is -0.360 e. The number of aromatic nitrogens is 3. The second kappa shape index (κ2) is 6.88. The summed E-state index contributed by atoms with van der Waals surface area (Å²) in [5.41, 5.74) is 2.09. The molecule has 9 heteroatoms. The van der Waals surface area contributed by atoms with Crippen LogP contribution in [0.3, 0.4) is 0 Å². The Morgan fingerprint density at radius 1 is 1.25 bits per heavy atom. The average Bonchev–Trinajstić information content (AvgIpc) is 3.22. The lowest BCUT2D eigenvalue weighted by molar-refractivity contribution is 0.102. The molecule has 0 aliphatic rings. The summed E-state index contributed by atoms with van der Waals surface area (Å²) in [7, 11) is 0. The van der Waals surface area contributed by atoms with Crippen LogP contribution in [0.4, 0.5) is 5.69 Å². The van der Waals surface area contributed by atoms with Crippen molar-refractivity contribution in [2.75, 3.05) is 5.32 Å². The van der Waals surface area contributed by atoms with E-state index in [0.717, 1.165) is 5.69 Å². The molecule has 4 aromatic rings. The molecule has 7 nitrogen and oxygen atoms in total. The van der Waals surface area contributed by atoms with Crippen molar-refractivity contribution in [3.05, 3.63) is 67.7 Å². The van der Waals surface area contributed by atoms with Crippen LogP contribution in [0.2, 0.25) is 5.02 Å². The van der Waals surface area contributed by atoms with Gasteiger partial charge in [-0.05, 0) is 26.8 Å². The normalized spacial score (nSPS) is 11.1. The van der Waals surface area contributed by atoms with Crippen molar-refractivity contribution in [2.24, 2.45) is 0 Å². The van der Waals surface area contributed by atoms with Crippen LogP contribution < -0.4 is 10.9 Å². The Hall–Kier alpha value is -2.97. The molecule has 142 valence electrons. The highest BCUT2D eigenvalue weighted by atomic mass is 35.5. The van der Waals surface area contributed by atoms with E-state index in [1.54, 1.807) is 38.1 Å². The Balaban J connectivity index is 1.80. The minimum atomic E-state index is -0.511. The highest BCUT2D eigenvalue weighted by Crippen LogP contribution is 2.31. The van der Waals surface area contributed by atoms with Gasteiger partial charge in [0.15, 0.2) is 4.96 Å². The molecule has 3 heterocycles. The number of halogens is 1. The van der Waals surface area contributed by atoms with Crippen LogP contribution in [0.5, 0.6) is 0 Å². The third kappa shape index (κ3) is 2.90. The fraction of sp³-hybridized carbons (Fsp3) is 0.158. The smallest absolute Gasteiger partial charge is 0.282 e. The van der Waals surface area contributed by atoms with E-state index < -0.39 is 5.91 Å². The van der Waals surface area contributed by atoms with Gasteiger partial charge in [0, 0.05) is 16.6 Å². The molecular weight excluding hydrogens is 400 g/mol. The number of hydrogen-bond acceptors (Lipinski definition) is 6. The van der Waals surface area contributed by atoms with Gasteiger partial charge in [0.1, 0.15) is 22.7 Å². The van der Waals surface area contributed by atoms with Gasteiger partial charge in [-0.1, -0.05) is 35.0 Å². The number of hydrogen-bond donors (Lipinski definition) is 1. The lowest BCUT2D eigenvalue weighted by atomic mass is 10.1. The number of amides is 1. The largest absolute Gasteiger partial charge is 0.360 e. The molecule has 0 bridgehead atoms. The zero-order valence-corrected chi connectivity index (χ0v) is 16.8. The van der Waals surface area contributed by atoms with Crippen LogP contribution >= 0.6 is 22.9 Å². The molecule has 4 rings (SSSR count). The standard InChI is InChI=1S/C19H15ClN4O3S/c1-9-8-28-19-21-10(2)15(18(26)24(9)19)22-17(25)14-11(3)27-23-16(14)12-6-4-5-7-13(12)20/h4-8H,1-3H3,(H,22,25). The average molecular weight is 415 g/mol. The first-order valence-electron chi connectivity index (χ1n) is 8.38. The van der Waals surface area contributed by atoms with Gasteiger partial charge < -0.3 is 9.84 Å². The second-order valence-electron chi connectivity index (χ2n) is 6.27. The van der Waals surface area contributed by atoms with Crippen LogP contribution in [0.15, 0.2) is 39.0 Å². The van der Waals surface area contributed by atoms with Crippen LogP contribution in [0.1, 0.15) is 27.5 Å². The molecule has 28 heavy (non-hydrogen) atoms. The van der Waals surface area contributed by atoms with Gasteiger partial charge in [0.05, 0.1) is 10.7 Å². The number of anilines is 1. The fourth-order valence-electron chi connectivity index (χ4n) is 2.98. The molecule has 0 saturated heterocycles. The van der Waals surface area contributed by atoms with E-state index in [-0.39, 0.29) is 16.8 Å². The minimum absolute atomic E-state index is 0.120. The van der Waals surface area contributed by atoms with E-state index >= 15 is 0 Å². The summed E-state index contributed by atoms with van der Waals surface area (Å²) in [5.74, 6) is -0.186. The molecule has 0 atom stereocenters. The van der Waals surface area contributed by atoms with E-state index in [0.29, 0.717) is 32.7 Å². The highest BCUT2D eigenvalue weighted by molar-refractivity contribution is 7.15. The van der Waals surface area contributed by atoms with E-state index in [4.69, 9.17) is 16.1 Å². The Bertz CT molecular complexity index is 1290. The van der Waals surface area contributed by atoms with Gasteiger partial charge in [-0.15, -0.1) is 11.3 Å². The zero-order valence-electron chi connectivity index (χ0n) is 15.2. The predicted molar refractivity (Wildman–Crippen MR) is 108 cm³/mol. The Kier molecular flexibility index (Phi) is 4.52. The maximum Gasteiger partial charge on any atom is 0.282 e. The predicted octanol–water partition coefficient (Wildman–Crippen LogP) is 4.24. The lowest BCUT2D eigenvalue weighted by Gasteiger charge is -2.09. The third-order valence-corrected chi connectivity index (χ3v) is 5.65. The van der Waals surface area contributed by atoms with Crippen LogP contribution in [-0.4, -0.2) is 20.4 Å². The van der Waals surface area contributed by atoms with Crippen molar-refractivity contribution in [3.8, 4) is 11.3 Å². The maximum atomic E-state index is 13.0. The highest BCUT2D eigenvalue weighted by Gasteiger charge is 2.25. The van der Waals surface area contributed by atoms with Crippen molar-refractivity contribution in [1.82, 2.24) is 14.5 Å². The first-order valence-corrected chi connectivity index (χ1v) is 9.64. The second-order valence-corrected chi connectivity index (χ2v) is 7.51. The number of fused-ring (bicyclic) bond motifs is 1. The molecule has 0 saturated carbocycles. The Labute approximate surface area is 168 Å². The van der Waals surface area contributed by atoms with Gasteiger partial charge in [-0.3, -0.25) is 14.0 Å². The molecule has 0 spiro atoms. The lowest BCUT2D eigenvalue weighted by Crippen LogP contribution is -2.25. The number of benzene rings is 1. The number of carbonyl (C=O) groups excluding carboxylic acids is 1. The molecule has 0 unspecified atom stereocenters. The van der Waals surface area contributed by atoms with Gasteiger partial charge in [-0.2, -0.15) is 0 Å². The summed E-state index contributed by atoms with van der Waals surface area (Å²) in [6, 6.07) is 7.03. The number of thiazole rings is 1. The number of nitrogens with one attached hydrogen (secondary N) is 1. The molecule has 3 aromatic heterocycles. The SMILES string of the molecule is Cc1nc2scc(C)n2c(=O)c1NC(=O)c1c(-c2ccccc2Cl)noc1C. The number of rotatable bonds is 3. The molecule has 1 aromatic carbocycles. The first-order chi connectivity index (χ1) is 13.4. The maximum absolute atomic E-state index is 13.0. The van der Waals surface area contributed by atoms with Gasteiger partial charge >= 0.3 is 0 Å². The van der Waals surface area contributed by atoms with Crippen molar-refractivity contribution >= 4 is 39.5 Å². The summed E-state index contributed by atoms with van der Waals surface area (Å²) >= 11 is 7.62. The number of nitrogens with zero attached hydrogens (tertiary/aromatic N) is 3. The van der Waals surface area contributed by atoms with E-state index in [9.17, 15) is 9.59 Å². The molecular formula is C19H15ClN4O3S. The summed E-state index contributed by atoms with van der Waals surface area (Å²) < 4.78 is 6.71. The fourth-order valence-corrected chi connectivity index (χ4v) is 4.11. The van der Waals surface area contributed by atoms with Crippen LogP contribution in [0, 0.1) is 20.8 Å². The molecule has 0 aliphatic heterocycles. The topological polar surface area (TPSA) is 89.5 Å². The number of aryl methyl sites for hydroxylation is 3. The van der Waals surface area contributed by atoms with E-state index in [2.05, 4.69) is 15.5 Å². The summed E-state index contributed by atoms with van der Waals surface area (Å²) in [5, 5.41) is 8.96. The Morgan fingerprint density at radius 2 is 2.00 bits per heavy atom. The molecule has 0 radical (unpaired) electrons. The van der Waals surface area contributed by atoms with Crippen molar-refractivity contribution in [1.29, 1.82) is 0 Å². The third-order valence-electron chi connectivity index (χ3n) is 4.38. The van der Waals surface area contributed by atoms with Crippen molar-refractivity contribution in [2.45, 2.75) is 20.8 Å². The molecule has 1 N–H and O–H groups in total. The van der Waals surface area contributed by atoms with Crippen LogP contribution in [0.25, 0.3) is 16.2 Å². The van der Waals surface area contributed by atoms with Crippen molar-refractivity contribution in [3.63, 3.8) is 0 Å². The molecule has 0 aliphatic carbocycles. The summed E-state index contributed by atoms with van der Waals surface area (Å²) in [4.78, 5) is 30.9. The molecule has 1 amide bonds. The van der Waals surface area contributed by atoms with Gasteiger partial charge in [0.25, 0.3) is 11.5 Å². The van der Waals surface area contributed by atoms with Gasteiger partial charge in [-0.25, -0.2) is 4.98 Å². The van der Waals surface area contributed by atoms with E-state index in [1.807, 2.05) is 12.3 Å². The summed E-state index contributed by atoms with van der Waals surface area (Å²) in [6.45, 7) is 5.13. The number of carbonyl (C=O) groups is 1. The van der Waals surface area contributed by atoms with Crippen molar-refractivity contribution < 1.29 is 9.32 Å². The van der Waals surface area contributed by atoms with E-state index in [1.165, 1.54) is 15.7 Å². The zero-order chi connectivity index (χ0) is 20.0. The first kappa shape index (κ1) is 18.4. The quantitative estimate of drug-likeness (QED) is 0.541. The molecule has 0 fully saturated rings. The Morgan fingerprint density at radius 3 is 2.75 bits per heavy atom. The monoisotopic (exact) mass is 414 g/mol. The van der Waals surface area contributed by atoms with Crippen LogP contribution in [-0.2, 0) is 0 Å². The van der Waals surface area contributed by atoms with Gasteiger partial charge in [0.2, 0.25) is 0 Å².